The molecule has 0 aliphatic carbocycles. The van der Waals surface area contributed by atoms with Crippen molar-refractivity contribution in [3.63, 3.8) is 0 Å². The SMILES string of the molecule is COc1ccc(S(=O)(=O)N(C)CCCC(=O)Nc2sccc2C#N)cc1. The maximum Gasteiger partial charge on any atom is 0.242 e. The number of hydrogen-bond donors (Lipinski definition) is 1. The van der Waals surface area contributed by atoms with Crippen LogP contribution in [0.3, 0.4) is 0 Å². The fourth-order valence-corrected chi connectivity index (χ4v) is 4.16. The summed E-state index contributed by atoms with van der Waals surface area (Å²) in [7, 11) is -0.630. The number of anilines is 1. The van der Waals surface area contributed by atoms with Gasteiger partial charge in [-0.15, -0.1) is 11.3 Å². The molecule has 0 aliphatic heterocycles. The topological polar surface area (TPSA) is 99.5 Å². The van der Waals surface area contributed by atoms with Gasteiger partial charge in [0.05, 0.1) is 17.6 Å². The highest BCUT2D eigenvalue weighted by Gasteiger charge is 2.20. The van der Waals surface area contributed by atoms with Crippen LogP contribution in [0.25, 0.3) is 0 Å². The van der Waals surface area contributed by atoms with Gasteiger partial charge in [-0.25, -0.2) is 12.7 Å². The third-order valence-electron chi connectivity index (χ3n) is 3.68. The molecule has 0 aliphatic rings. The molecule has 26 heavy (non-hydrogen) atoms. The number of carbonyl (C=O) groups is 1. The van der Waals surface area contributed by atoms with Crippen molar-refractivity contribution in [1.82, 2.24) is 4.31 Å². The van der Waals surface area contributed by atoms with E-state index >= 15 is 0 Å². The minimum Gasteiger partial charge on any atom is -0.497 e. The molecule has 0 radical (unpaired) electrons. The zero-order valence-corrected chi connectivity index (χ0v) is 16.1. The van der Waals surface area contributed by atoms with Gasteiger partial charge >= 0.3 is 0 Å². The van der Waals surface area contributed by atoms with Crippen LogP contribution in [-0.2, 0) is 14.8 Å². The lowest BCUT2D eigenvalue weighted by molar-refractivity contribution is -0.116. The van der Waals surface area contributed by atoms with Crippen LogP contribution in [-0.4, -0.2) is 39.3 Å². The van der Waals surface area contributed by atoms with Crippen molar-refractivity contribution in [2.75, 3.05) is 26.0 Å². The first-order chi connectivity index (χ1) is 12.4. The summed E-state index contributed by atoms with van der Waals surface area (Å²) in [4.78, 5) is 12.1. The van der Waals surface area contributed by atoms with E-state index in [0.717, 1.165) is 0 Å². The van der Waals surface area contributed by atoms with Gasteiger partial charge in [0.1, 0.15) is 16.8 Å². The predicted molar refractivity (Wildman–Crippen MR) is 99.7 cm³/mol. The van der Waals surface area contributed by atoms with Crippen LogP contribution in [0, 0.1) is 11.3 Å². The van der Waals surface area contributed by atoms with E-state index in [2.05, 4.69) is 5.32 Å². The Balaban J connectivity index is 1.88. The second-order valence-electron chi connectivity index (χ2n) is 5.43. The summed E-state index contributed by atoms with van der Waals surface area (Å²) >= 11 is 1.28. The van der Waals surface area contributed by atoms with Crippen molar-refractivity contribution >= 4 is 32.3 Å². The molecule has 0 spiro atoms. The summed E-state index contributed by atoms with van der Waals surface area (Å²) in [6.07, 6.45) is 0.524. The highest BCUT2D eigenvalue weighted by molar-refractivity contribution is 7.89. The lowest BCUT2D eigenvalue weighted by atomic mass is 10.3. The molecule has 138 valence electrons. The first kappa shape index (κ1) is 19.9. The lowest BCUT2D eigenvalue weighted by Gasteiger charge is -2.17. The fraction of sp³-hybridized carbons (Fsp3) is 0.294. The highest BCUT2D eigenvalue weighted by Crippen LogP contribution is 2.22. The molecule has 0 bridgehead atoms. The van der Waals surface area contributed by atoms with Gasteiger partial charge in [0.15, 0.2) is 0 Å². The molecule has 1 aromatic carbocycles. The Morgan fingerprint density at radius 1 is 1.31 bits per heavy atom. The Kier molecular flexibility index (Phi) is 6.74. The second kappa shape index (κ2) is 8.80. The Hall–Kier alpha value is -2.41. The standard InChI is InChI=1S/C17H19N3O4S2/c1-20(26(22,23)15-7-5-14(24-2)6-8-15)10-3-4-16(21)19-17-13(12-18)9-11-25-17/h5-9,11H,3-4,10H2,1-2H3,(H,19,21). The van der Waals surface area contributed by atoms with E-state index < -0.39 is 10.0 Å². The Bertz CT molecular complexity index is 899. The maximum atomic E-state index is 12.5. The van der Waals surface area contributed by atoms with Crippen LogP contribution in [0.1, 0.15) is 18.4 Å². The lowest BCUT2D eigenvalue weighted by Crippen LogP contribution is -2.28. The molecule has 0 saturated heterocycles. The van der Waals surface area contributed by atoms with Gasteiger partial charge in [-0.1, -0.05) is 0 Å². The number of benzene rings is 1. The van der Waals surface area contributed by atoms with Gasteiger partial charge in [-0.3, -0.25) is 4.79 Å². The molecular weight excluding hydrogens is 374 g/mol. The molecule has 0 saturated carbocycles. The maximum absolute atomic E-state index is 12.5. The van der Waals surface area contributed by atoms with E-state index in [4.69, 9.17) is 10.00 Å². The van der Waals surface area contributed by atoms with Gasteiger partial charge < -0.3 is 10.1 Å². The molecule has 2 aromatic rings. The average molecular weight is 393 g/mol. The van der Waals surface area contributed by atoms with Crippen LogP contribution in [0.15, 0.2) is 40.6 Å². The van der Waals surface area contributed by atoms with Crippen molar-refractivity contribution in [1.29, 1.82) is 5.26 Å². The minimum atomic E-state index is -3.62. The number of thiophene rings is 1. The number of ether oxygens (including phenoxy) is 1. The fourth-order valence-electron chi connectivity index (χ4n) is 2.19. The van der Waals surface area contributed by atoms with Crippen LogP contribution < -0.4 is 10.1 Å². The van der Waals surface area contributed by atoms with E-state index in [1.165, 1.54) is 41.9 Å². The van der Waals surface area contributed by atoms with Crippen molar-refractivity contribution in [3.8, 4) is 11.8 Å². The summed E-state index contributed by atoms with van der Waals surface area (Å²) in [5.41, 5.74) is 0.419. The summed E-state index contributed by atoms with van der Waals surface area (Å²) < 4.78 is 31.2. The number of nitrogens with zero attached hydrogens (tertiary/aromatic N) is 2. The molecule has 7 nitrogen and oxygen atoms in total. The van der Waals surface area contributed by atoms with E-state index in [1.807, 2.05) is 6.07 Å². The molecule has 0 atom stereocenters. The van der Waals surface area contributed by atoms with Gasteiger partial charge in [-0.2, -0.15) is 5.26 Å². The zero-order valence-electron chi connectivity index (χ0n) is 14.4. The highest BCUT2D eigenvalue weighted by atomic mass is 32.2. The molecule has 1 N–H and O–H groups in total. The molecule has 1 aromatic heterocycles. The average Bonchev–Trinajstić information content (AvgIpc) is 3.08. The van der Waals surface area contributed by atoms with Crippen molar-refractivity contribution in [2.45, 2.75) is 17.7 Å². The minimum absolute atomic E-state index is 0.158. The molecule has 9 heteroatoms. The monoisotopic (exact) mass is 393 g/mol. The zero-order chi connectivity index (χ0) is 19.2. The number of carbonyl (C=O) groups excluding carboxylic acids is 1. The van der Waals surface area contributed by atoms with Gasteiger partial charge in [0.2, 0.25) is 15.9 Å². The number of nitriles is 1. The summed E-state index contributed by atoms with van der Waals surface area (Å²) in [5, 5.41) is 13.8. The van der Waals surface area contributed by atoms with E-state index in [-0.39, 0.29) is 23.8 Å². The van der Waals surface area contributed by atoms with Gasteiger partial charge in [0.25, 0.3) is 0 Å². The van der Waals surface area contributed by atoms with Crippen molar-refractivity contribution < 1.29 is 17.9 Å². The van der Waals surface area contributed by atoms with Crippen LogP contribution in [0.4, 0.5) is 5.00 Å². The van der Waals surface area contributed by atoms with Crippen molar-refractivity contribution in [2.24, 2.45) is 0 Å². The van der Waals surface area contributed by atoms with Crippen molar-refractivity contribution in [3.05, 3.63) is 41.3 Å². The number of nitrogens with one attached hydrogen (secondary N) is 1. The molecule has 1 amide bonds. The van der Waals surface area contributed by atoms with E-state index in [9.17, 15) is 13.2 Å². The first-order valence-corrected chi connectivity index (χ1v) is 10.1. The quantitative estimate of drug-likeness (QED) is 0.743. The number of hydrogen-bond acceptors (Lipinski definition) is 6. The van der Waals surface area contributed by atoms with Crippen LogP contribution in [0.5, 0.6) is 5.75 Å². The molecular formula is C17H19N3O4S2. The van der Waals surface area contributed by atoms with Gasteiger partial charge in [-0.05, 0) is 42.1 Å². The Morgan fingerprint density at radius 2 is 2.00 bits per heavy atom. The third-order valence-corrected chi connectivity index (χ3v) is 6.38. The van der Waals surface area contributed by atoms with E-state index in [1.54, 1.807) is 23.6 Å². The number of sulfonamides is 1. The number of amides is 1. The number of rotatable bonds is 8. The summed E-state index contributed by atoms with van der Waals surface area (Å²) in [6, 6.07) is 9.77. The van der Waals surface area contributed by atoms with Crippen LogP contribution >= 0.6 is 11.3 Å². The van der Waals surface area contributed by atoms with Crippen LogP contribution in [0.2, 0.25) is 0 Å². The normalized spacial score (nSPS) is 11.2. The molecule has 0 fully saturated rings. The molecule has 2 rings (SSSR count). The first-order valence-electron chi connectivity index (χ1n) is 7.76. The molecule has 0 unspecified atom stereocenters. The van der Waals surface area contributed by atoms with E-state index in [0.29, 0.717) is 22.7 Å². The summed E-state index contributed by atoms with van der Waals surface area (Å²) in [5.74, 6) is 0.327. The Labute approximate surface area is 156 Å². The second-order valence-corrected chi connectivity index (χ2v) is 8.39. The van der Waals surface area contributed by atoms with Gasteiger partial charge in [0, 0.05) is 20.0 Å². The number of methoxy groups -OCH3 is 1. The third kappa shape index (κ3) is 4.82. The largest absolute Gasteiger partial charge is 0.497 e. The predicted octanol–water partition coefficient (Wildman–Crippen LogP) is 2.67. The smallest absolute Gasteiger partial charge is 0.242 e. The summed E-state index contributed by atoms with van der Waals surface area (Å²) in [6.45, 7) is 0.206. The Morgan fingerprint density at radius 3 is 2.62 bits per heavy atom. The molecule has 1 heterocycles.